The predicted molar refractivity (Wildman–Crippen MR) is 115 cm³/mol. The third kappa shape index (κ3) is 2.62. The van der Waals surface area contributed by atoms with Crippen molar-refractivity contribution in [2.45, 2.75) is 20.8 Å². The van der Waals surface area contributed by atoms with Gasteiger partial charge in [-0.25, -0.2) is 0 Å². The Morgan fingerprint density at radius 2 is 1.14 bits per heavy atom. The first-order valence-corrected chi connectivity index (χ1v) is 9.51. The van der Waals surface area contributed by atoms with Crippen molar-refractivity contribution in [3.05, 3.63) is 65.2 Å². The third-order valence-electron chi connectivity index (χ3n) is 5.60. The van der Waals surface area contributed by atoms with Crippen LogP contribution in [0.4, 0.5) is 0 Å². The molecule has 0 amide bonds. The van der Waals surface area contributed by atoms with E-state index < -0.39 is 0 Å². The van der Waals surface area contributed by atoms with Gasteiger partial charge in [-0.2, -0.15) is 4.57 Å². The largest absolute Gasteiger partial charge is 0.496 e. The molecule has 0 spiro atoms. The average molecular weight is 372 g/mol. The van der Waals surface area contributed by atoms with Gasteiger partial charge in [-0.3, -0.25) is 0 Å². The molecule has 0 saturated carbocycles. The molecule has 3 nitrogen and oxygen atoms in total. The summed E-state index contributed by atoms with van der Waals surface area (Å²) in [6.45, 7) is 6.52. The van der Waals surface area contributed by atoms with Gasteiger partial charge in [-0.1, -0.05) is 29.8 Å². The Kier molecular flexibility index (Phi) is 4.46. The number of aryl methyl sites for hydroxylation is 4. The maximum absolute atomic E-state index is 5.82. The van der Waals surface area contributed by atoms with E-state index in [9.17, 15) is 0 Å². The second-order valence-corrected chi connectivity index (χ2v) is 7.42. The first-order chi connectivity index (χ1) is 13.5. The normalized spacial score (nSPS) is 11.2. The minimum Gasteiger partial charge on any atom is -0.496 e. The zero-order valence-corrected chi connectivity index (χ0v) is 17.4. The van der Waals surface area contributed by atoms with Crippen molar-refractivity contribution in [3.63, 3.8) is 0 Å². The monoisotopic (exact) mass is 372 g/mol. The lowest BCUT2D eigenvalue weighted by Crippen LogP contribution is -2.30. The molecule has 0 atom stereocenters. The molecular weight excluding hydrogens is 346 g/mol. The van der Waals surface area contributed by atoms with E-state index in [1.165, 1.54) is 27.8 Å². The van der Waals surface area contributed by atoms with E-state index in [0.29, 0.717) is 0 Å². The molecule has 0 bridgehead atoms. The molecule has 3 aromatic carbocycles. The molecule has 142 valence electrons. The van der Waals surface area contributed by atoms with E-state index >= 15 is 0 Å². The summed E-state index contributed by atoms with van der Waals surface area (Å²) in [5.74, 6) is 1.74. The van der Waals surface area contributed by atoms with Crippen LogP contribution in [0.3, 0.4) is 0 Å². The summed E-state index contributed by atoms with van der Waals surface area (Å²) in [5.41, 5.74) is 8.47. The molecule has 0 aliphatic rings. The number of benzene rings is 3. The standard InChI is InChI=1S/C25H26NO2/c1-15-13-16(2)22(17(3)14-15)25-23-18(9-7-11-20(23)27-5)26(4)19-10-8-12-21(28-6)24(19)25/h7-14H,1-6H3/q+1. The zero-order valence-electron chi connectivity index (χ0n) is 17.4. The van der Waals surface area contributed by atoms with E-state index in [2.05, 4.69) is 56.7 Å². The molecule has 3 heteroatoms. The molecule has 0 aliphatic carbocycles. The van der Waals surface area contributed by atoms with Crippen molar-refractivity contribution in [2.75, 3.05) is 14.2 Å². The van der Waals surface area contributed by atoms with Crippen molar-refractivity contribution in [1.82, 2.24) is 0 Å². The van der Waals surface area contributed by atoms with Crippen molar-refractivity contribution < 1.29 is 14.0 Å². The molecule has 0 unspecified atom stereocenters. The van der Waals surface area contributed by atoms with Gasteiger partial charge in [-0.15, -0.1) is 0 Å². The molecule has 0 N–H and O–H groups in total. The topological polar surface area (TPSA) is 22.3 Å². The Labute approximate surface area is 166 Å². The van der Waals surface area contributed by atoms with Crippen molar-refractivity contribution in [1.29, 1.82) is 0 Å². The van der Waals surface area contributed by atoms with E-state index in [1.54, 1.807) is 14.2 Å². The highest BCUT2D eigenvalue weighted by molar-refractivity contribution is 6.12. The van der Waals surface area contributed by atoms with Gasteiger partial charge in [0.15, 0.2) is 0 Å². The van der Waals surface area contributed by atoms with Gasteiger partial charge in [0, 0.05) is 17.7 Å². The predicted octanol–water partition coefficient (Wildman–Crippen LogP) is 5.43. The van der Waals surface area contributed by atoms with Crippen LogP contribution in [0.15, 0.2) is 48.5 Å². The van der Waals surface area contributed by atoms with Crippen LogP contribution in [0.2, 0.25) is 0 Å². The minimum atomic E-state index is 0.871. The molecule has 0 radical (unpaired) electrons. The number of ether oxygens (including phenoxy) is 2. The number of rotatable bonds is 3. The molecule has 28 heavy (non-hydrogen) atoms. The van der Waals surface area contributed by atoms with Gasteiger partial charge < -0.3 is 9.47 Å². The van der Waals surface area contributed by atoms with Crippen molar-refractivity contribution in [2.24, 2.45) is 7.05 Å². The average Bonchev–Trinajstić information content (AvgIpc) is 2.68. The van der Waals surface area contributed by atoms with Gasteiger partial charge in [0.1, 0.15) is 18.5 Å². The lowest BCUT2D eigenvalue weighted by atomic mass is 9.88. The highest BCUT2D eigenvalue weighted by Crippen LogP contribution is 2.44. The second-order valence-electron chi connectivity index (χ2n) is 7.42. The smallest absolute Gasteiger partial charge is 0.217 e. The zero-order chi connectivity index (χ0) is 20.0. The Morgan fingerprint density at radius 1 is 0.679 bits per heavy atom. The molecule has 0 fully saturated rings. The van der Waals surface area contributed by atoms with Crippen LogP contribution in [0.25, 0.3) is 32.9 Å². The van der Waals surface area contributed by atoms with E-state index in [0.717, 1.165) is 33.3 Å². The van der Waals surface area contributed by atoms with Gasteiger partial charge in [0.25, 0.3) is 0 Å². The Morgan fingerprint density at radius 3 is 1.57 bits per heavy atom. The number of hydrogen-bond acceptors (Lipinski definition) is 2. The van der Waals surface area contributed by atoms with Crippen LogP contribution in [-0.2, 0) is 7.05 Å². The van der Waals surface area contributed by atoms with Crippen LogP contribution in [-0.4, -0.2) is 14.2 Å². The summed E-state index contributed by atoms with van der Waals surface area (Å²) in [7, 11) is 5.57. The van der Waals surface area contributed by atoms with Crippen molar-refractivity contribution >= 4 is 21.8 Å². The number of aromatic nitrogens is 1. The van der Waals surface area contributed by atoms with Crippen molar-refractivity contribution in [3.8, 4) is 22.6 Å². The maximum atomic E-state index is 5.82. The second kappa shape index (κ2) is 6.83. The number of methoxy groups -OCH3 is 2. The molecule has 0 saturated heterocycles. The third-order valence-corrected chi connectivity index (χ3v) is 5.60. The number of pyridine rings is 1. The SMILES string of the molecule is COc1cccc2c1c(-c1c(C)cc(C)cc1C)c1c(OC)cccc1[n+]2C. The Bertz CT molecular complexity index is 1140. The van der Waals surface area contributed by atoms with Crippen LogP contribution < -0.4 is 14.0 Å². The summed E-state index contributed by atoms with van der Waals surface area (Å²) in [6.07, 6.45) is 0. The number of nitrogens with zero attached hydrogens (tertiary/aromatic N) is 1. The number of fused-ring (bicyclic) bond motifs is 2. The fourth-order valence-electron chi connectivity index (χ4n) is 4.52. The molecular formula is C25H26NO2+. The summed E-state index contributed by atoms with van der Waals surface area (Å²) >= 11 is 0. The van der Waals surface area contributed by atoms with Gasteiger partial charge in [0.05, 0.1) is 25.0 Å². The van der Waals surface area contributed by atoms with E-state index in [4.69, 9.17) is 9.47 Å². The van der Waals surface area contributed by atoms with Gasteiger partial charge >= 0.3 is 0 Å². The molecule has 1 aromatic heterocycles. The van der Waals surface area contributed by atoms with E-state index in [1.807, 2.05) is 24.3 Å². The van der Waals surface area contributed by atoms with Crippen LogP contribution in [0, 0.1) is 20.8 Å². The maximum Gasteiger partial charge on any atom is 0.217 e. The number of hydrogen-bond donors (Lipinski definition) is 0. The highest BCUT2D eigenvalue weighted by atomic mass is 16.5. The van der Waals surface area contributed by atoms with Gasteiger partial charge in [-0.05, 0) is 49.6 Å². The summed E-state index contributed by atoms with van der Waals surface area (Å²) in [4.78, 5) is 0. The Balaban J connectivity index is 2.37. The van der Waals surface area contributed by atoms with Gasteiger partial charge in [0.2, 0.25) is 11.0 Å². The quantitative estimate of drug-likeness (QED) is 0.354. The first kappa shape index (κ1) is 18.3. The van der Waals surface area contributed by atoms with Crippen LogP contribution in [0.5, 0.6) is 11.5 Å². The molecule has 1 heterocycles. The Hall–Kier alpha value is -3.07. The lowest BCUT2D eigenvalue weighted by Gasteiger charge is -2.18. The van der Waals surface area contributed by atoms with Crippen LogP contribution in [0.1, 0.15) is 16.7 Å². The molecule has 4 rings (SSSR count). The molecule has 0 aliphatic heterocycles. The summed E-state index contributed by atoms with van der Waals surface area (Å²) in [6, 6.07) is 17.0. The first-order valence-electron chi connectivity index (χ1n) is 9.51. The minimum absolute atomic E-state index is 0.871. The summed E-state index contributed by atoms with van der Waals surface area (Å²) in [5, 5.41) is 2.22. The lowest BCUT2D eigenvalue weighted by molar-refractivity contribution is -0.617. The van der Waals surface area contributed by atoms with E-state index in [-0.39, 0.29) is 0 Å². The fraction of sp³-hybridized carbons (Fsp3) is 0.240. The van der Waals surface area contributed by atoms with Crippen LogP contribution >= 0.6 is 0 Å². The molecule has 4 aromatic rings. The fourth-order valence-corrected chi connectivity index (χ4v) is 4.52. The highest BCUT2D eigenvalue weighted by Gasteiger charge is 2.26. The summed E-state index contributed by atoms with van der Waals surface area (Å²) < 4.78 is 13.9.